The molecule has 0 bridgehead atoms. The first kappa shape index (κ1) is 13.5. The number of hydrogen-bond donors (Lipinski definition) is 2. The fraction of sp³-hybridized carbons (Fsp3) is 0.250. The van der Waals surface area contributed by atoms with Crippen molar-refractivity contribution in [1.29, 1.82) is 0 Å². The van der Waals surface area contributed by atoms with Crippen LogP contribution in [0.1, 0.15) is 12.0 Å². The third-order valence-electron chi connectivity index (χ3n) is 2.30. The lowest BCUT2D eigenvalue weighted by Crippen LogP contribution is -2.29. The number of terminal acetylenes is 1. The van der Waals surface area contributed by atoms with Gasteiger partial charge >= 0.3 is 5.97 Å². The molecule has 0 radical (unpaired) electrons. The molecule has 0 aliphatic carbocycles. The third-order valence-corrected chi connectivity index (χ3v) is 2.30. The minimum atomic E-state index is -1.15. The van der Waals surface area contributed by atoms with Gasteiger partial charge in [-0.3, -0.25) is 10.1 Å². The van der Waals surface area contributed by atoms with E-state index in [-0.39, 0.29) is 17.8 Å². The number of rotatable bonds is 5. The number of nitrogens with zero attached hydrogens (tertiary/aromatic N) is 1. The van der Waals surface area contributed by atoms with Crippen molar-refractivity contribution in [3.05, 3.63) is 33.9 Å². The molecule has 2 N–H and O–H groups in total. The van der Waals surface area contributed by atoms with Crippen LogP contribution in [0, 0.1) is 29.4 Å². The summed E-state index contributed by atoms with van der Waals surface area (Å²) >= 11 is 0. The van der Waals surface area contributed by atoms with Gasteiger partial charge < -0.3 is 10.4 Å². The number of benzene rings is 1. The molecule has 18 heavy (non-hydrogen) atoms. The van der Waals surface area contributed by atoms with E-state index in [0.717, 1.165) is 5.56 Å². The van der Waals surface area contributed by atoms with E-state index in [9.17, 15) is 14.9 Å². The summed E-state index contributed by atoms with van der Waals surface area (Å²) in [5.41, 5.74) is 0.697. The van der Waals surface area contributed by atoms with Gasteiger partial charge in [0.05, 0.1) is 4.92 Å². The maximum atomic E-state index is 10.9. The summed E-state index contributed by atoms with van der Waals surface area (Å²) in [5, 5.41) is 22.4. The number of carbonyl (C=O) groups is 1. The fourth-order valence-corrected chi connectivity index (χ4v) is 1.42. The van der Waals surface area contributed by atoms with Gasteiger partial charge in [-0.15, -0.1) is 12.3 Å². The second kappa shape index (κ2) is 5.68. The van der Waals surface area contributed by atoms with Gasteiger partial charge in [0, 0.05) is 12.5 Å². The molecule has 6 nitrogen and oxygen atoms in total. The van der Waals surface area contributed by atoms with E-state index >= 15 is 0 Å². The van der Waals surface area contributed by atoms with Gasteiger partial charge in [0.25, 0.3) is 5.69 Å². The largest absolute Gasteiger partial charge is 0.480 e. The van der Waals surface area contributed by atoms with Gasteiger partial charge in [-0.1, -0.05) is 6.07 Å². The van der Waals surface area contributed by atoms with Crippen molar-refractivity contribution < 1.29 is 14.8 Å². The molecule has 0 saturated carbocycles. The lowest BCUT2D eigenvalue weighted by molar-refractivity contribution is -0.384. The molecule has 94 valence electrons. The molecule has 0 aliphatic rings. The number of nitro benzene ring substituents is 1. The van der Waals surface area contributed by atoms with Crippen LogP contribution < -0.4 is 5.32 Å². The Kier molecular flexibility index (Phi) is 4.27. The first-order chi connectivity index (χ1) is 8.45. The highest BCUT2D eigenvalue weighted by Gasteiger charge is 2.21. The summed E-state index contributed by atoms with van der Waals surface area (Å²) < 4.78 is 0. The van der Waals surface area contributed by atoms with Crippen LogP contribution in [-0.2, 0) is 4.79 Å². The minimum absolute atomic E-state index is 0.0552. The second-order valence-electron chi connectivity index (χ2n) is 3.72. The zero-order valence-electron chi connectivity index (χ0n) is 9.71. The first-order valence-corrected chi connectivity index (χ1v) is 5.13. The van der Waals surface area contributed by atoms with Crippen LogP contribution in [0.15, 0.2) is 18.2 Å². The van der Waals surface area contributed by atoms with Crippen LogP contribution in [-0.4, -0.2) is 22.0 Å². The molecule has 1 aromatic carbocycles. The Hall–Kier alpha value is -2.55. The average Bonchev–Trinajstić information content (AvgIpc) is 2.30. The maximum Gasteiger partial charge on any atom is 0.327 e. The van der Waals surface area contributed by atoms with Crippen molar-refractivity contribution in [2.45, 2.75) is 19.4 Å². The summed E-state index contributed by atoms with van der Waals surface area (Å²) in [6.07, 6.45) is 5.00. The van der Waals surface area contributed by atoms with E-state index < -0.39 is 16.9 Å². The SMILES string of the molecule is C#CCC(Nc1ccc(C)cc1[N+](=O)[O-])C(=O)O. The first-order valence-electron chi connectivity index (χ1n) is 5.13. The Morgan fingerprint density at radius 1 is 1.67 bits per heavy atom. The van der Waals surface area contributed by atoms with E-state index in [1.165, 1.54) is 12.1 Å². The minimum Gasteiger partial charge on any atom is -0.480 e. The number of aliphatic carboxylic acids is 1. The molecule has 0 heterocycles. The van der Waals surface area contributed by atoms with Gasteiger partial charge in [0.1, 0.15) is 11.7 Å². The van der Waals surface area contributed by atoms with E-state index in [1.54, 1.807) is 13.0 Å². The molecule has 0 amide bonds. The van der Waals surface area contributed by atoms with Crippen molar-refractivity contribution in [3.8, 4) is 12.3 Å². The number of nitrogens with one attached hydrogen (secondary N) is 1. The Labute approximate surface area is 104 Å². The normalized spacial score (nSPS) is 11.3. The van der Waals surface area contributed by atoms with Crippen LogP contribution in [0.5, 0.6) is 0 Å². The van der Waals surface area contributed by atoms with Crippen molar-refractivity contribution >= 4 is 17.3 Å². The monoisotopic (exact) mass is 248 g/mol. The third kappa shape index (κ3) is 3.22. The highest BCUT2D eigenvalue weighted by atomic mass is 16.6. The summed E-state index contributed by atoms with van der Waals surface area (Å²) in [6.45, 7) is 1.72. The highest BCUT2D eigenvalue weighted by molar-refractivity contribution is 5.79. The van der Waals surface area contributed by atoms with Gasteiger partial charge in [-0.05, 0) is 18.6 Å². The molecule has 0 spiro atoms. The molecule has 6 heteroatoms. The quantitative estimate of drug-likeness (QED) is 0.471. The average molecular weight is 248 g/mol. The van der Waals surface area contributed by atoms with E-state index in [1.807, 2.05) is 0 Å². The zero-order chi connectivity index (χ0) is 13.7. The summed E-state index contributed by atoms with van der Waals surface area (Å²) in [6, 6.07) is 3.46. The molecule has 1 aromatic rings. The number of nitro groups is 1. The lowest BCUT2D eigenvalue weighted by Gasteiger charge is -2.13. The number of hydrogen-bond acceptors (Lipinski definition) is 4. The molecule has 0 aliphatic heterocycles. The molecule has 0 saturated heterocycles. The Balaban J connectivity index is 3.06. The van der Waals surface area contributed by atoms with Crippen LogP contribution >= 0.6 is 0 Å². The topological polar surface area (TPSA) is 92.5 Å². The zero-order valence-corrected chi connectivity index (χ0v) is 9.71. The molecule has 1 rings (SSSR count). The van der Waals surface area contributed by atoms with Crippen molar-refractivity contribution in [3.63, 3.8) is 0 Å². The number of carboxylic acid groups (broad SMARTS) is 1. The van der Waals surface area contributed by atoms with Crippen molar-refractivity contribution in [2.75, 3.05) is 5.32 Å². The summed E-state index contributed by atoms with van der Waals surface area (Å²) in [5.74, 6) is 1.07. The van der Waals surface area contributed by atoms with Crippen molar-refractivity contribution in [2.24, 2.45) is 0 Å². The van der Waals surface area contributed by atoms with Gasteiger partial charge in [-0.25, -0.2) is 4.79 Å². The lowest BCUT2D eigenvalue weighted by atomic mass is 10.1. The van der Waals surface area contributed by atoms with Crippen molar-refractivity contribution in [1.82, 2.24) is 0 Å². The van der Waals surface area contributed by atoms with Crippen LogP contribution in [0.2, 0.25) is 0 Å². The fourth-order valence-electron chi connectivity index (χ4n) is 1.42. The molecular weight excluding hydrogens is 236 g/mol. The molecule has 1 unspecified atom stereocenters. The second-order valence-corrected chi connectivity index (χ2v) is 3.72. The predicted octanol–water partition coefficient (Wildman–Crippen LogP) is 1.79. The smallest absolute Gasteiger partial charge is 0.327 e. The summed E-state index contributed by atoms with van der Waals surface area (Å²) in [4.78, 5) is 21.2. The maximum absolute atomic E-state index is 10.9. The molecule has 1 atom stereocenters. The van der Waals surface area contributed by atoms with Crippen LogP contribution in [0.25, 0.3) is 0 Å². The van der Waals surface area contributed by atoms with E-state index in [0.29, 0.717) is 0 Å². The number of carboxylic acids is 1. The molecule has 0 aromatic heterocycles. The van der Waals surface area contributed by atoms with E-state index in [4.69, 9.17) is 11.5 Å². The molecular formula is C12H12N2O4. The van der Waals surface area contributed by atoms with Crippen LogP contribution in [0.3, 0.4) is 0 Å². The number of aryl methyl sites for hydroxylation is 1. The van der Waals surface area contributed by atoms with Gasteiger partial charge in [0.15, 0.2) is 0 Å². The van der Waals surface area contributed by atoms with Crippen LogP contribution in [0.4, 0.5) is 11.4 Å². The summed E-state index contributed by atoms with van der Waals surface area (Å²) in [7, 11) is 0. The standard InChI is InChI=1S/C12H12N2O4/c1-3-4-10(12(15)16)13-9-6-5-8(2)7-11(9)14(17)18/h1,5-7,10,13H,4H2,2H3,(H,15,16). The molecule has 0 fully saturated rings. The Bertz CT molecular complexity index is 519. The Morgan fingerprint density at radius 2 is 2.33 bits per heavy atom. The predicted molar refractivity (Wildman–Crippen MR) is 66.3 cm³/mol. The number of anilines is 1. The van der Waals surface area contributed by atoms with Gasteiger partial charge in [0.2, 0.25) is 0 Å². The van der Waals surface area contributed by atoms with E-state index in [2.05, 4.69) is 11.2 Å². The Morgan fingerprint density at radius 3 is 2.83 bits per heavy atom. The highest BCUT2D eigenvalue weighted by Crippen LogP contribution is 2.26. The van der Waals surface area contributed by atoms with Gasteiger partial charge in [-0.2, -0.15) is 0 Å².